The Balaban J connectivity index is 3.02. The highest BCUT2D eigenvalue weighted by molar-refractivity contribution is 5.79. The molecule has 0 aliphatic rings. The van der Waals surface area contributed by atoms with Gasteiger partial charge < -0.3 is 4.74 Å². The molecule has 0 aliphatic heterocycles. The van der Waals surface area contributed by atoms with Crippen LogP contribution in [0.25, 0.3) is 0 Å². The van der Waals surface area contributed by atoms with Crippen molar-refractivity contribution in [3.8, 4) is 5.75 Å². The second-order valence-electron chi connectivity index (χ2n) is 4.10. The van der Waals surface area contributed by atoms with Gasteiger partial charge in [-0.15, -0.1) is 0 Å². The van der Waals surface area contributed by atoms with Crippen molar-refractivity contribution in [3.63, 3.8) is 0 Å². The SMILES string of the molecule is CC(=O)Cc1c(C)cccc1OC(C)C. The summed E-state index contributed by atoms with van der Waals surface area (Å²) in [6.07, 6.45) is 0.590. The van der Waals surface area contributed by atoms with Gasteiger partial charge in [-0.25, -0.2) is 0 Å². The van der Waals surface area contributed by atoms with Gasteiger partial charge in [0.05, 0.1) is 6.10 Å². The maximum Gasteiger partial charge on any atom is 0.134 e. The monoisotopic (exact) mass is 206 g/mol. The van der Waals surface area contributed by atoms with Gasteiger partial charge in [0.1, 0.15) is 11.5 Å². The van der Waals surface area contributed by atoms with Crippen LogP contribution in [0.1, 0.15) is 31.9 Å². The smallest absolute Gasteiger partial charge is 0.134 e. The average Bonchev–Trinajstić information content (AvgIpc) is 2.09. The summed E-state index contributed by atoms with van der Waals surface area (Å²) >= 11 is 0. The molecule has 0 N–H and O–H groups in total. The van der Waals surface area contributed by atoms with Crippen molar-refractivity contribution in [3.05, 3.63) is 29.3 Å². The third-order valence-corrected chi connectivity index (χ3v) is 2.16. The van der Waals surface area contributed by atoms with E-state index in [1.807, 2.05) is 39.0 Å². The van der Waals surface area contributed by atoms with Gasteiger partial charge in [-0.2, -0.15) is 0 Å². The summed E-state index contributed by atoms with van der Waals surface area (Å²) < 4.78 is 5.67. The molecule has 82 valence electrons. The maximum atomic E-state index is 11.1. The van der Waals surface area contributed by atoms with E-state index in [1.54, 1.807) is 6.92 Å². The van der Waals surface area contributed by atoms with Crippen LogP contribution >= 0.6 is 0 Å². The molecule has 0 unspecified atom stereocenters. The molecule has 2 heteroatoms. The van der Waals surface area contributed by atoms with Crippen LogP contribution in [0.4, 0.5) is 0 Å². The van der Waals surface area contributed by atoms with Crippen molar-refractivity contribution < 1.29 is 9.53 Å². The molecule has 0 aromatic heterocycles. The Labute approximate surface area is 91.3 Å². The summed E-state index contributed by atoms with van der Waals surface area (Å²) in [7, 11) is 0. The third-order valence-electron chi connectivity index (χ3n) is 2.16. The predicted molar refractivity (Wildman–Crippen MR) is 61.3 cm³/mol. The first-order chi connectivity index (χ1) is 7.00. The number of aryl methyl sites for hydroxylation is 1. The van der Waals surface area contributed by atoms with Crippen molar-refractivity contribution in [1.82, 2.24) is 0 Å². The molecule has 0 radical (unpaired) electrons. The lowest BCUT2D eigenvalue weighted by Crippen LogP contribution is -2.09. The van der Waals surface area contributed by atoms with Gasteiger partial charge in [-0.1, -0.05) is 12.1 Å². The fourth-order valence-electron chi connectivity index (χ4n) is 1.52. The molecule has 1 rings (SSSR count). The predicted octanol–water partition coefficient (Wildman–Crippen LogP) is 2.91. The van der Waals surface area contributed by atoms with Crippen LogP contribution in [-0.2, 0) is 11.2 Å². The largest absolute Gasteiger partial charge is 0.491 e. The zero-order valence-electron chi connectivity index (χ0n) is 9.83. The average molecular weight is 206 g/mol. The minimum Gasteiger partial charge on any atom is -0.491 e. The number of hydrogen-bond acceptors (Lipinski definition) is 2. The summed E-state index contributed by atoms with van der Waals surface area (Å²) in [6.45, 7) is 7.58. The normalized spacial score (nSPS) is 10.5. The highest BCUT2D eigenvalue weighted by Crippen LogP contribution is 2.23. The van der Waals surface area contributed by atoms with E-state index < -0.39 is 0 Å². The molecule has 0 aliphatic carbocycles. The topological polar surface area (TPSA) is 26.3 Å². The number of hydrogen-bond donors (Lipinski definition) is 0. The minimum atomic E-state index is 0.137. The quantitative estimate of drug-likeness (QED) is 0.757. The molecule has 1 aromatic rings. The number of ether oxygens (including phenoxy) is 1. The Morgan fingerprint density at radius 3 is 2.60 bits per heavy atom. The Hall–Kier alpha value is -1.31. The second-order valence-corrected chi connectivity index (χ2v) is 4.10. The van der Waals surface area contributed by atoms with Crippen LogP contribution in [0.3, 0.4) is 0 Å². The molecule has 2 nitrogen and oxygen atoms in total. The lowest BCUT2D eigenvalue weighted by atomic mass is 10.0. The Morgan fingerprint density at radius 2 is 2.07 bits per heavy atom. The standard InChI is InChI=1S/C13H18O2/c1-9(2)15-13-7-5-6-10(3)12(13)8-11(4)14/h5-7,9H,8H2,1-4H3. The van der Waals surface area contributed by atoms with Gasteiger partial charge in [-0.3, -0.25) is 4.79 Å². The highest BCUT2D eigenvalue weighted by atomic mass is 16.5. The molecule has 0 amide bonds. The zero-order chi connectivity index (χ0) is 11.4. The van der Waals surface area contributed by atoms with Gasteiger partial charge >= 0.3 is 0 Å². The number of Topliss-reactive ketones (excluding diaryl/α,β-unsaturated/α-hetero) is 1. The Kier molecular flexibility index (Phi) is 3.89. The van der Waals surface area contributed by atoms with Crippen LogP contribution in [0.5, 0.6) is 5.75 Å². The van der Waals surface area contributed by atoms with Gasteiger partial charge in [0, 0.05) is 12.0 Å². The van der Waals surface area contributed by atoms with Crippen LogP contribution in [-0.4, -0.2) is 11.9 Å². The summed E-state index contributed by atoms with van der Waals surface area (Å²) in [6, 6.07) is 5.88. The molecular formula is C13H18O2. The maximum absolute atomic E-state index is 11.1. The summed E-state index contributed by atoms with van der Waals surface area (Å²) in [5.74, 6) is 0.998. The molecule has 0 bridgehead atoms. The lowest BCUT2D eigenvalue weighted by molar-refractivity contribution is -0.116. The van der Waals surface area contributed by atoms with Crippen molar-refractivity contribution in [1.29, 1.82) is 0 Å². The first-order valence-electron chi connectivity index (χ1n) is 5.25. The fourth-order valence-corrected chi connectivity index (χ4v) is 1.52. The van der Waals surface area contributed by atoms with Gasteiger partial charge in [0.25, 0.3) is 0 Å². The van der Waals surface area contributed by atoms with E-state index in [1.165, 1.54) is 0 Å². The Bertz CT molecular complexity index is 354. The highest BCUT2D eigenvalue weighted by Gasteiger charge is 2.09. The van der Waals surface area contributed by atoms with Crippen molar-refractivity contribution >= 4 is 5.78 Å². The molecule has 0 spiro atoms. The molecule has 0 atom stereocenters. The molecule has 0 saturated carbocycles. The number of rotatable bonds is 4. The number of carbonyl (C=O) groups is 1. The summed E-state index contributed by atoms with van der Waals surface area (Å²) in [5, 5.41) is 0. The van der Waals surface area contributed by atoms with E-state index in [0.717, 1.165) is 16.9 Å². The molecular weight excluding hydrogens is 188 g/mol. The number of carbonyl (C=O) groups excluding carboxylic acids is 1. The first kappa shape index (κ1) is 11.8. The molecule has 0 fully saturated rings. The first-order valence-corrected chi connectivity index (χ1v) is 5.25. The van der Waals surface area contributed by atoms with E-state index in [0.29, 0.717) is 6.42 Å². The van der Waals surface area contributed by atoms with Gasteiger partial charge in [-0.05, 0) is 39.3 Å². The lowest BCUT2D eigenvalue weighted by Gasteiger charge is -2.15. The van der Waals surface area contributed by atoms with Crippen LogP contribution in [0, 0.1) is 6.92 Å². The van der Waals surface area contributed by atoms with E-state index in [-0.39, 0.29) is 11.9 Å². The van der Waals surface area contributed by atoms with Crippen molar-refractivity contribution in [2.45, 2.75) is 40.2 Å². The van der Waals surface area contributed by atoms with Crippen molar-refractivity contribution in [2.75, 3.05) is 0 Å². The van der Waals surface area contributed by atoms with Crippen LogP contribution in [0.2, 0.25) is 0 Å². The van der Waals surface area contributed by atoms with Gasteiger partial charge in [0.2, 0.25) is 0 Å². The van der Waals surface area contributed by atoms with E-state index >= 15 is 0 Å². The van der Waals surface area contributed by atoms with Crippen LogP contribution in [0.15, 0.2) is 18.2 Å². The van der Waals surface area contributed by atoms with E-state index in [9.17, 15) is 4.79 Å². The Morgan fingerprint density at radius 1 is 1.40 bits per heavy atom. The zero-order valence-corrected chi connectivity index (χ0v) is 9.83. The van der Waals surface area contributed by atoms with E-state index in [4.69, 9.17) is 4.74 Å². The summed E-state index contributed by atoms with van der Waals surface area (Å²) in [5.41, 5.74) is 2.13. The second kappa shape index (κ2) is 4.96. The summed E-state index contributed by atoms with van der Waals surface area (Å²) in [4.78, 5) is 11.1. The number of ketones is 1. The van der Waals surface area contributed by atoms with E-state index in [2.05, 4.69) is 0 Å². The number of benzene rings is 1. The van der Waals surface area contributed by atoms with Gasteiger partial charge in [0.15, 0.2) is 0 Å². The molecule has 0 heterocycles. The third kappa shape index (κ3) is 3.39. The van der Waals surface area contributed by atoms with Crippen LogP contribution < -0.4 is 4.74 Å². The minimum absolute atomic E-state index is 0.137. The molecule has 15 heavy (non-hydrogen) atoms. The molecule has 0 saturated heterocycles. The molecule has 1 aromatic carbocycles. The van der Waals surface area contributed by atoms with Crippen molar-refractivity contribution in [2.24, 2.45) is 0 Å². The fraction of sp³-hybridized carbons (Fsp3) is 0.462.